The second-order valence-electron chi connectivity index (χ2n) is 9.07. The second kappa shape index (κ2) is 10.1. The Morgan fingerprint density at radius 3 is 2.11 bits per heavy atom. The summed E-state index contributed by atoms with van der Waals surface area (Å²) in [5, 5.41) is 21.2. The highest BCUT2D eigenvalue weighted by molar-refractivity contribution is 5.96. The summed E-state index contributed by atoms with van der Waals surface area (Å²) in [5.41, 5.74) is 4.46. The number of amides is 1. The molecule has 1 heterocycles. The van der Waals surface area contributed by atoms with Gasteiger partial charge in [-0.1, -0.05) is 97.1 Å². The van der Waals surface area contributed by atoms with Crippen LogP contribution in [0.5, 0.6) is 5.75 Å². The van der Waals surface area contributed by atoms with Crippen LogP contribution in [0.1, 0.15) is 27.5 Å². The van der Waals surface area contributed by atoms with Crippen LogP contribution < -0.4 is 5.32 Å². The van der Waals surface area contributed by atoms with Crippen LogP contribution in [0.25, 0.3) is 27.7 Å². The van der Waals surface area contributed by atoms with E-state index in [1.54, 1.807) is 18.2 Å². The van der Waals surface area contributed by atoms with E-state index in [1.807, 2.05) is 120 Å². The van der Waals surface area contributed by atoms with E-state index in [2.05, 4.69) is 5.32 Å². The number of aromatic hydroxyl groups is 1. The molecule has 5 aromatic carbocycles. The number of phenolic OH excluding ortho intramolecular Hbond substituents is 1. The lowest BCUT2D eigenvalue weighted by atomic mass is 9.91. The van der Waals surface area contributed by atoms with E-state index in [1.165, 1.54) is 0 Å². The monoisotopic (exact) mass is 495 g/mol. The Morgan fingerprint density at radius 2 is 1.37 bits per heavy atom. The number of aromatic nitrogens is 2. The van der Waals surface area contributed by atoms with Crippen LogP contribution >= 0.6 is 0 Å². The molecule has 6 rings (SSSR count). The van der Waals surface area contributed by atoms with Gasteiger partial charge in [0.1, 0.15) is 5.75 Å². The molecule has 0 saturated heterocycles. The molecule has 5 heteroatoms. The summed E-state index contributed by atoms with van der Waals surface area (Å²) in [4.78, 5) is 13.6. The maximum atomic E-state index is 13.6. The summed E-state index contributed by atoms with van der Waals surface area (Å²) >= 11 is 0. The topological polar surface area (TPSA) is 67.2 Å². The first-order chi connectivity index (χ1) is 18.7. The number of hydrogen-bond acceptors (Lipinski definition) is 3. The lowest BCUT2D eigenvalue weighted by Crippen LogP contribution is -2.29. The lowest BCUT2D eigenvalue weighted by molar-refractivity contribution is 0.0943. The largest absolute Gasteiger partial charge is 0.508 e. The Kier molecular flexibility index (Phi) is 6.16. The number of hydrogen-bond donors (Lipinski definition) is 2. The summed E-state index contributed by atoms with van der Waals surface area (Å²) in [7, 11) is 0. The van der Waals surface area contributed by atoms with Crippen LogP contribution in [0.2, 0.25) is 0 Å². The predicted molar refractivity (Wildman–Crippen MR) is 150 cm³/mol. The van der Waals surface area contributed by atoms with Gasteiger partial charge in [0.2, 0.25) is 0 Å². The number of nitrogens with one attached hydrogen (secondary N) is 1. The fourth-order valence-electron chi connectivity index (χ4n) is 4.83. The third kappa shape index (κ3) is 4.42. The third-order valence-corrected chi connectivity index (χ3v) is 6.67. The molecule has 1 amide bonds. The van der Waals surface area contributed by atoms with Crippen molar-refractivity contribution in [2.24, 2.45) is 0 Å². The standard InChI is InChI=1S/C33H25N3O2/c37-29-21-20-23-12-10-11-19-27(23)30(29)32(34-33(38)25-15-6-2-7-16-25)28-22-36(26-17-8-3-9-18-26)35-31(28)24-13-4-1-5-14-24/h1-22,32,37H,(H,34,38). The van der Waals surface area contributed by atoms with E-state index in [4.69, 9.17) is 5.10 Å². The van der Waals surface area contributed by atoms with Gasteiger partial charge in [0.05, 0.1) is 17.4 Å². The van der Waals surface area contributed by atoms with Gasteiger partial charge in [-0.05, 0) is 41.1 Å². The second-order valence-corrected chi connectivity index (χ2v) is 9.07. The van der Waals surface area contributed by atoms with Crippen molar-refractivity contribution in [3.63, 3.8) is 0 Å². The molecule has 0 aliphatic carbocycles. The van der Waals surface area contributed by atoms with Gasteiger partial charge in [0.15, 0.2) is 0 Å². The van der Waals surface area contributed by atoms with E-state index in [0.29, 0.717) is 11.1 Å². The number of para-hydroxylation sites is 1. The average molecular weight is 496 g/mol. The zero-order valence-corrected chi connectivity index (χ0v) is 20.5. The molecule has 0 fully saturated rings. The van der Waals surface area contributed by atoms with E-state index < -0.39 is 6.04 Å². The van der Waals surface area contributed by atoms with Crippen LogP contribution in [-0.4, -0.2) is 20.8 Å². The normalized spacial score (nSPS) is 11.8. The van der Waals surface area contributed by atoms with Crippen LogP contribution in [0.4, 0.5) is 0 Å². The smallest absolute Gasteiger partial charge is 0.252 e. The van der Waals surface area contributed by atoms with Gasteiger partial charge in [-0.2, -0.15) is 5.10 Å². The molecule has 2 N–H and O–H groups in total. The fraction of sp³-hybridized carbons (Fsp3) is 0.0303. The number of rotatable bonds is 6. The van der Waals surface area contributed by atoms with Gasteiger partial charge in [0, 0.05) is 28.5 Å². The Hall–Kier alpha value is -5.16. The zero-order valence-electron chi connectivity index (χ0n) is 20.5. The molecule has 0 spiro atoms. The van der Waals surface area contributed by atoms with Gasteiger partial charge in [-0.25, -0.2) is 4.68 Å². The first-order valence-electron chi connectivity index (χ1n) is 12.5. The number of fused-ring (bicyclic) bond motifs is 1. The summed E-state index contributed by atoms with van der Waals surface area (Å²) < 4.78 is 1.82. The van der Waals surface area contributed by atoms with E-state index >= 15 is 0 Å². The molecule has 0 aliphatic rings. The Labute approximate surface area is 220 Å². The number of nitrogens with zero attached hydrogens (tertiary/aromatic N) is 2. The van der Waals surface area contributed by atoms with Crippen LogP contribution in [0.15, 0.2) is 134 Å². The maximum absolute atomic E-state index is 13.6. The molecule has 0 radical (unpaired) electrons. The number of carbonyl (C=O) groups is 1. The Morgan fingerprint density at radius 1 is 0.737 bits per heavy atom. The van der Waals surface area contributed by atoms with Crippen molar-refractivity contribution >= 4 is 16.7 Å². The highest BCUT2D eigenvalue weighted by Crippen LogP contribution is 2.39. The first kappa shape index (κ1) is 23.3. The molecule has 0 bridgehead atoms. The third-order valence-electron chi connectivity index (χ3n) is 6.67. The molecular formula is C33H25N3O2. The predicted octanol–water partition coefficient (Wildman–Crippen LogP) is 6.92. The number of carbonyl (C=O) groups excluding carboxylic acids is 1. The van der Waals surface area contributed by atoms with E-state index in [9.17, 15) is 9.90 Å². The van der Waals surface area contributed by atoms with Crippen molar-refractivity contribution in [3.8, 4) is 22.7 Å². The highest BCUT2D eigenvalue weighted by atomic mass is 16.3. The van der Waals surface area contributed by atoms with Crippen LogP contribution in [0.3, 0.4) is 0 Å². The molecule has 0 saturated carbocycles. The molecule has 5 nitrogen and oxygen atoms in total. The minimum Gasteiger partial charge on any atom is -0.508 e. The number of phenols is 1. The minimum absolute atomic E-state index is 0.105. The highest BCUT2D eigenvalue weighted by Gasteiger charge is 2.28. The van der Waals surface area contributed by atoms with E-state index in [0.717, 1.165) is 33.3 Å². The van der Waals surface area contributed by atoms with Gasteiger partial charge >= 0.3 is 0 Å². The summed E-state index contributed by atoms with van der Waals surface area (Å²) in [6, 6.07) is 39.6. The summed E-state index contributed by atoms with van der Waals surface area (Å²) in [6.45, 7) is 0. The minimum atomic E-state index is -0.679. The number of benzene rings is 5. The quantitative estimate of drug-likeness (QED) is 0.264. The molecule has 6 aromatic rings. The zero-order chi connectivity index (χ0) is 25.9. The van der Waals surface area contributed by atoms with Crippen molar-refractivity contribution < 1.29 is 9.90 Å². The van der Waals surface area contributed by atoms with Crippen molar-refractivity contribution in [2.45, 2.75) is 6.04 Å². The lowest BCUT2D eigenvalue weighted by Gasteiger charge is -2.22. The first-order valence-corrected chi connectivity index (χ1v) is 12.5. The Bertz CT molecular complexity index is 1710. The van der Waals surface area contributed by atoms with Crippen LogP contribution in [0, 0.1) is 0 Å². The van der Waals surface area contributed by atoms with Gasteiger partial charge in [-0.15, -0.1) is 0 Å². The molecular weight excluding hydrogens is 470 g/mol. The molecule has 0 aliphatic heterocycles. The SMILES string of the molecule is O=C(NC(c1cn(-c2ccccc2)nc1-c1ccccc1)c1c(O)ccc2ccccc12)c1ccccc1. The van der Waals surface area contributed by atoms with Crippen molar-refractivity contribution in [3.05, 3.63) is 150 Å². The van der Waals surface area contributed by atoms with Gasteiger partial charge < -0.3 is 10.4 Å². The molecule has 1 unspecified atom stereocenters. The molecule has 184 valence electrons. The molecule has 38 heavy (non-hydrogen) atoms. The van der Waals surface area contributed by atoms with Crippen molar-refractivity contribution in [1.82, 2.24) is 15.1 Å². The van der Waals surface area contributed by atoms with Crippen LogP contribution in [-0.2, 0) is 0 Å². The van der Waals surface area contributed by atoms with Gasteiger partial charge in [0.25, 0.3) is 5.91 Å². The average Bonchev–Trinajstić information content (AvgIpc) is 3.43. The fourth-order valence-corrected chi connectivity index (χ4v) is 4.83. The Balaban J connectivity index is 1.60. The van der Waals surface area contributed by atoms with Gasteiger partial charge in [-0.3, -0.25) is 4.79 Å². The van der Waals surface area contributed by atoms with Crippen molar-refractivity contribution in [1.29, 1.82) is 0 Å². The van der Waals surface area contributed by atoms with E-state index in [-0.39, 0.29) is 11.7 Å². The molecule has 1 atom stereocenters. The molecule has 1 aromatic heterocycles. The summed E-state index contributed by atoms with van der Waals surface area (Å²) in [5.74, 6) is -0.136. The van der Waals surface area contributed by atoms with Crippen molar-refractivity contribution in [2.75, 3.05) is 0 Å². The summed E-state index contributed by atoms with van der Waals surface area (Å²) in [6.07, 6.45) is 1.94. The maximum Gasteiger partial charge on any atom is 0.252 e.